The average Bonchev–Trinajstić information content (AvgIpc) is 2.75. The van der Waals surface area contributed by atoms with Crippen LogP contribution in [0.25, 0.3) is 0 Å². The van der Waals surface area contributed by atoms with Crippen molar-refractivity contribution in [1.82, 2.24) is 0 Å². The highest BCUT2D eigenvalue weighted by atomic mass is 31.1. The highest BCUT2D eigenvalue weighted by Crippen LogP contribution is 2.30. The van der Waals surface area contributed by atoms with E-state index in [0.29, 0.717) is 14.7 Å². The fourth-order valence-corrected chi connectivity index (χ4v) is 4.19. The molecule has 0 heterocycles. The third-order valence-electron chi connectivity index (χ3n) is 4.83. The molecule has 0 spiro atoms. The zero-order valence-corrected chi connectivity index (χ0v) is 16.9. The van der Waals surface area contributed by atoms with Gasteiger partial charge in [-0.1, -0.05) is 91.0 Å². The highest BCUT2D eigenvalue weighted by molar-refractivity contribution is 7.32. The van der Waals surface area contributed by atoms with E-state index in [0.717, 1.165) is 25.6 Å². The molecular formula is C25H29OP. The van der Waals surface area contributed by atoms with E-state index in [1.54, 1.807) is 0 Å². The number of hydrogen-bond donors (Lipinski definition) is 0. The average molecular weight is 376 g/mol. The molecule has 0 N–H and O–H groups in total. The van der Waals surface area contributed by atoms with Crippen LogP contribution in [0.1, 0.15) is 41.9 Å². The van der Waals surface area contributed by atoms with Gasteiger partial charge in [0.25, 0.3) is 0 Å². The summed E-state index contributed by atoms with van der Waals surface area (Å²) < 4.78 is 5.88. The summed E-state index contributed by atoms with van der Waals surface area (Å²) in [6, 6.07) is 32.4. The number of benzene rings is 3. The second-order valence-corrected chi connectivity index (χ2v) is 7.93. The Balaban J connectivity index is 1.37. The largest absolute Gasteiger partial charge is 0.362 e. The zero-order valence-electron chi connectivity index (χ0n) is 15.9. The van der Waals surface area contributed by atoms with Crippen molar-refractivity contribution < 1.29 is 4.52 Å². The first kappa shape index (κ1) is 19.8. The quantitative estimate of drug-likeness (QED) is 0.263. The SMILES string of the molecule is c1ccc(CCCOPCCCC(c2ccccc2)c2ccccc2)cc1. The van der Waals surface area contributed by atoms with E-state index < -0.39 is 0 Å². The van der Waals surface area contributed by atoms with Crippen LogP contribution in [0.15, 0.2) is 91.0 Å². The van der Waals surface area contributed by atoms with Gasteiger partial charge < -0.3 is 4.52 Å². The van der Waals surface area contributed by atoms with E-state index >= 15 is 0 Å². The van der Waals surface area contributed by atoms with Gasteiger partial charge in [0.2, 0.25) is 0 Å². The molecule has 1 nitrogen and oxygen atoms in total. The molecule has 2 heteroatoms. The van der Waals surface area contributed by atoms with Crippen molar-refractivity contribution in [3.05, 3.63) is 108 Å². The van der Waals surface area contributed by atoms with Gasteiger partial charge in [-0.15, -0.1) is 0 Å². The Kier molecular flexibility index (Phi) is 8.58. The van der Waals surface area contributed by atoms with Gasteiger partial charge in [-0.2, -0.15) is 0 Å². The Morgan fingerprint density at radius 1 is 0.667 bits per heavy atom. The first-order valence-electron chi connectivity index (χ1n) is 9.92. The van der Waals surface area contributed by atoms with Crippen molar-refractivity contribution in [2.24, 2.45) is 0 Å². The number of hydrogen-bond acceptors (Lipinski definition) is 1. The normalized spacial score (nSPS) is 11.4. The molecule has 0 aliphatic heterocycles. The first-order chi connectivity index (χ1) is 13.4. The smallest absolute Gasteiger partial charge is 0.0508 e. The molecule has 1 atom stereocenters. The first-order valence-corrected chi connectivity index (χ1v) is 11.0. The van der Waals surface area contributed by atoms with Crippen LogP contribution < -0.4 is 0 Å². The molecule has 1 unspecified atom stereocenters. The van der Waals surface area contributed by atoms with Gasteiger partial charge in [0.1, 0.15) is 0 Å². The Hall–Kier alpha value is -1.95. The number of aryl methyl sites for hydroxylation is 1. The van der Waals surface area contributed by atoms with Gasteiger partial charge in [0, 0.05) is 14.7 Å². The van der Waals surface area contributed by atoms with E-state index in [2.05, 4.69) is 91.0 Å². The highest BCUT2D eigenvalue weighted by Gasteiger charge is 2.13. The third kappa shape index (κ3) is 6.94. The Labute approximate surface area is 165 Å². The molecule has 0 aromatic heterocycles. The Morgan fingerprint density at radius 3 is 1.81 bits per heavy atom. The maximum atomic E-state index is 5.88. The van der Waals surface area contributed by atoms with E-state index in [1.807, 2.05) is 0 Å². The second-order valence-electron chi connectivity index (χ2n) is 6.85. The Morgan fingerprint density at radius 2 is 1.22 bits per heavy atom. The Bertz CT molecular complexity index is 704. The van der Waals surface area contributed by atoms with E-state index in [1.165, 1.54) is 29.5 Å². The van der Waals surface area contributed by atoms with Gasteiger partial charge in [-0.3, -0.25) is 0 Å². The van der Waals surface area contributed by atoms with Crippen LogP contribution in [-0.2, 0) is 10.9 Å². The molecule has 3 rings (SSSR count). The molecule has 0 saturated carbocycles. The zero-order chi connectivity index (χ0) is 18.6. The standard InChI is InChI=1S/C25H29OP/c1-4-12-22(13-5-1)14-10-20-26-27-21-11-19-25(23-15-6-2-7-16-23)24-17-8-3-9-18-24/h1-9,12-13,15-18,25,27H,10-11,14,19-21H2. The molecule has 0 aliphatic rings. The second kappa shape index (κ2) is 11.7. The van der Waals surface area contributed by atoms with E-state index in [9.17, 15) is 0 Å². The summed E-state index contributed by atoms with van der Waals surface area (Å²) in [7, 11) is 0.615. The summed E-state index contributed by atoms with van der Waals surface area (Å²) >= 11 is 0. The van der Waals surface area contributed by atoms with Crippen molar-refractivity contribution in [2.45, 2.75) is 31.6 Å². The molecule has 0 aliphatic carbocycles. The lowest BCUT2D eigenvalue weighted by atomic mass is 9.88. The molecule has 0 fully saturated rings. The molecule has 140 valence electrons. The molecule has 0 radical (unpaired) electrons. The van der Waals surface area contributed by atoms with E-state index in [-0.39, 0.29) is 0 Å². The third-order valence-corrected chi connectivity index (χ3v) is 5.80. The topological polar surface area (TPSA) is 9.23 Å². The van der Waals surface area contributed by atoms with Gasteiger partial charge in [-0.25, -0.2) is 0 Å². The lowest BCUT2D eigenvalue weighted by Gasteiger charge is -2.18. The monoisotopic (exact) mass is 376 g/mol. The number of rotatable bonds is 11. The van der Waals surface area contributed by atoms with Gasteiger partial charge in [0.05, 0.1) is 6.61 Å². The van der Waals surface area contributed by atoms with Crippen LogP contribution in [-0.4, -0.2) is 12.8 Å². The van der Waals surface area contributed by atoms with Crippen LogP contribution in [0.2, 0.25) is 0 Å². The van der Waals surface area contributed by atoms with Crippen molar-refractivity contribution in [3.63, 3.8) is 0 Å². The van der Waals surface area contributed by atoms with Crippen LogP contribution in [0, 0.1) is 0 Å². The minimum absolute atomic E-state index is 0.482. The van der Waals surface area contributed by atoms with Crippen LogP contribution >= 0.6 is 8.81 Å². The van der Waals surface area contributed by atoms with Crippen molar-refractivity contribution in [2.75, 3.05) is 12.8 Å². The summed E-state index contributed by atoms with van der Waals surface area (Å²) in [6.45, 7) is 0.869. The molecule has 0 amide bonds. The summed E-state index contributed by atoms with van der Waals surface area (Å²) in [5.74, 6) is 0.482. The minimum Gasteiger partial charge on any atom is -0.362 e. The molecule has 27 heavy (non-hydrogen) atoms. The molecule has 3 aromatic rings. The predicted molar refractivity (Wildman–Crippen MR) is 118 cm³/mol. The summed E-state index contributed by atoms with van der Waals surface area (Å²) in [6.07, 6.45) is 5.74. The molecule has 0 bridgehead atoms. The molecule has 0 saturated heterocycles. The van der Waals surface area contributed by atoms with Crippen molar-refractivity contribution in [3.8, 4) is 0 Å². The lowest BCUT2D eigenvalue weighted by Crippen LogP contribution is -2.02. The maximum Gasteiger partial charge on any atom is 0.0508 e. The lowest BCUT2D eigenvalue weighted by molar-refractivity contribution is 0.353. The maximum absolute atomic E-state index is 5.88. The fraction of sp³-hybridized carbons (Fsp3) is 0.280. The van der Waals surface area contributed by atoms with Crippen LogP contribution in [0.5, 0.6) is 0 Å². The summed E-state index contributed by atoms with van der Waals surface area (Å²) in [5, 5.41) is 0. The molecular weight excluding hydrogens is 347 g/mol. The van der Waals surface area contributed by atoms with Crippen LogP contribution in [0.4, 0.5) is 0 Å². The molecule has 3 aromatic carbocycles. The minimum atomic E-state index is 0.482. The summed E-state index contributed by atoms with van der Waals surface area (Å²) in [5.41, 5.74) is 4.23. The predicted octanol–water partition coefficient (Wildman–Crippen LogP) is 6.84. The fourth-order valence-electron chi connectivity index (χ4n) is 3.41. The van der Waals surface area contributed by atoms with Gasteiger partial charge in [0.15, 0.2) is 0 Å². The van der Waals surface area contributed by atoms with Gasteiger partial charge in [-0.05, 0) is 48.5 Å². The summed E-state index contributed by atoms with van der Waals surface area (Å²) in [4.78, 5) is 0. The van der Waals surface area contributed by atoms with Gasteiger partial charge >= 0.3 is 0 Å². The van der Waals surface area contributed by atoms with Crippen LogP contribution in [0.3, 0.4) is 0 Å². The van der Waals surface area contributed by atoms with E-state index in [4.69, 9.17) is 4.52 Å². The van der Waals surface area contributed by atoms with Crippen molar-refractivity contribution in [1.29, 1.82) is 0 Å². The van der Waals surface area contributed by atoms with Crippen molar-refractivity contribution >= 4 is 8.81 Å².